The third-order valence-corrected chi connectivity index (χ3v) is 5.76. The Balaban J connectivity index is 1.52. The van der Waals surface area contributed by atoms with E-state index in [-0.39, 0.29) is 17.9 Å². The summed E-state index contributed by atoms with van der Waals surface area (Å²) in [5, 5.41) is 6.80. The molecular weight excluding hydrogens is 412 g/mol. The van der Waals surface area contributed by atoms with E-state index in [1.807, 2.05) is 46.8 Å². The van der Waals surface area contributed by atoms with Gasteiger partial charge in [0.15, 0.2) is 11.5 Å². The summed E-state index contributed by atoms with van der Waals surface area (Å²) in [4.78, 5) is 26.6. The summed E-state index contributed by atoms with van der Waals surface area (Å²) >= 11 is 1.51. The van der Waals surface area contributed by atoms with Crippen LogP contribution >= 0.6 is 11.3 Å². The molecule has 2 amide bonds. The van der Waals surface area contributed by atoms with E-state index in [1.54, 1.807) is 12.2 Å². The Morgan fingerprint density at radius 2 is 1.97 bits per heavy atom. The number of thiophene rings is 1. The Morgan fingerprint density at radius 3 is 2.65 bits per heavy atom. The van der Waals surface area contributed by atoms with Crippen molar-refractivity contribution < 1.29 is 19.1 Å². The van der Waals surface area contributed by atoms with Crippen molar-refractivity contribution in [2.75, 3.05) is 26.3 Å². The van der Waals surface area contributed by atoms with Gasteiger partial charge in [-0.15, -0.1) is 0 Å². The molecule has 1 aliphatic rings. The maximum atomic E-state index is 12.6. The van der Waals surface area contributed by atoms with Gasteiger partial charge in [-0.25, -0.2) is 0 Å². The number of likely N-dealkylation sites (tertiary alicyclic amines) is 1. The number of amides is 2. The molecule has 0 bridgehead atoms. The molecule has 1 fully saturated rings. The summed E-state index contributed by atoms with van der Waals surface area (Å²) in [6, 6.07) is 7.62. The normalized spacial score (nSPS) is 14.6. The van der Waals surface area contributed by atoms with Gasteiger partial charge < -0.3 is 19.7 Å². The van der Waals surface area contributed by atoms with E-state index in [4.69, 9.17) is 9.47 Å². The minimum Gasteiger partial charge on any atom is -0.490 e. The molecule has 0 spiro atoms. The van der Waals surface area contributed by atoms with Crippen LogP contribution in [0.4, 0.5) is 0 Å². The maximum Gasteiger partial charge on any atom is 0.252 e. The highest BCUT2D eigenvalue weighted by atomic mass is 32.1. The first-order valence-electron chi connectivity index (χ1n) is 10.8. The summed E-state index contributed by atoms with van der Waals surface area (Å²) in [5.41, 5.74) is 1.59. The van der Waals surface area contributed by atoms with Gasteiger partial charge in [0.2, 0.25) is 5.91 Å². The second-order valence-corrected chi connectivity index (χ2v) is 8.19. The molecule has 0 aliphatic carbocycles. The number of hydrogen-bond acceptors (Lipinski definition) is 5. The summed E-state index contributed by atoms with van der Waals surface area (Å²) in [6.45, 7) is 6.44. The number of nitrogens with zero attached hydrogens (tertiary/aromatic N) is 1. The predicted molar refractivity (Wildman–Crippen MR) is 124 cm³/mol. The molecule has 1 saturated heterocycles. The van der Waals surface area contributed by atoms with E-state index < -0.39 is 0 Å². The molecule has 0 unspecified atom stereocenters. The van der Waals surface area contributed by atoms with E-state index in [9.17, 15) is 9.59 Å². The molecule has 1 N–H and O–H groups in total. The minimum atomic E-state index is -0.0395. The molecule has 2 heterocycles. The van der Waals surface area contributed by atoms with Crippen molar-refractivity contribution in [3.63, 3.8) is 0 Å². The third kappa shape index (κ3) is 6.59. The van der Waals surface area contributed by atoms with Gasteiger partial charge in [0.25, 0.3) is 5.91 Å². The number of ether oxygens (including phenoxy) is 2. The Morgan fingerprint density at radius 1 is 1.16 bits per heavy atom. The van der Waals surface area contributed by atoms with Crippen LogP contribution in [-0.2, 0) is 4.79 Å². The minimum absolute atomic E-state index is 0.0214. The Hall–Kier alpha value is -2.80. The fourth-order valence-corrected chi connectivity index (χ4v) is 4.04. The average Bonchev–Trinajstić information content (AvgIpc) is 3.33. The molecule has 7 heteroatoms. The van der Waals surface area contributed by atoms with Crippen LogP contribution in [0.1, 0.15) is 49.0 Å². The van der Waals surface area contributed by atoms with Crippen LogP contribution in [0.15, 0.2) is 41.1 Å². The number of carbonyl (C=O) groups is 2. The van der Waals surface area contributed by atoms with Crippen molar-refractivity contribution in [3.8, 4) is 11.5 Å². The van der Waals surface area contributed by atoms with Gasteiger partial charge >= 0.3 is 0 Å². The second kappa shape index (κ2) is 11.6. The molecule has 3 rings (SSSR count). The monoisotopic (exact) mass is 442 g/mol. The van der Waals surface area contributed by atoms with Crippen LogP contribution in [0, 0.1) is 0 Å². The van der Waals surface area contributed by atoms with E-state index in [2.05, 4.69) is 12.2 Å². The summed E-state index contributed by atoms with van der Waals surface area (Å²) < 4.78 is 11.4. The first-order chi connectivity index (χ1) is 15.1. The average molecular weight is 443 g/mol. The van der Waals surface area contributed by atoms with Crippen LogP contribution in [0.25, 0.3) is 6.08 Å². The molecule has 1 aliphatic heterocycles. The van der Waals surface area contributed by atoms with Crippen LogP contribution in [0.5, 0.6) is 11.5 Å². The summed E-state index contributed by atoms with van der Waals surface area (Å²) in [5.74, 6) is 1.35. The lowest BCUT2D eigenvalue weighted by Gasteiger charge is -2.31. The Labute approximate surface area is 187 Å². The van der Waals surface area contributed by atoms with Gasteiger partial charge in [0.1, 0.15) is 0 Å². The molecular formula is C24H30N2O4S. The quantitative estimate of drug-likeness (QED) is 0.586. The SMILES string of the molecule is CCCOc1ccc(C=CC(=O)N2CCC(NC(=O)c3ccsc3)CC2)cc1OCC. The van der Waals surface area contributed by atoms with Gasteiger partial charge in [-0.3, -0.25) is 9.59 Å². The zero-order chi connectivity index (χ0) is 22.1. The van der Waals surface area contributed by atoms with Gasteiger partial charge in [-0.05, 0) is 61.4 Å². The summed E-state index contributed by atoms with van der Waals surface area (Å²) in [7, 11) is 0. The van der Waals surface area contributed by atoms with Gasteiger partial charge in [-0.1, -0.05) is 13.0 Å². The second-order valence-electron chi connectivity index (χ2n) is 7.41. The molecule has 1 aromatic heterocycles. The molecule has 0 saturated carbocycles. The van der Waals surface area contributed by atoms with Crippen molar-refractivity contribution in [3.05, 3.63) is 52.2 Å². The molecule has 0 atom stereocenters. The topological polar surface area (TPSA) is 67.9 Å². The lowest BCUT2D eigenvalue weighted by Crippen LogP contribution is -2.46. The Bertz CT molecular complexity index is 887. The Kier molecular flexibility index (Phi) is 8.53. The number of piperidine rings is 1. The van der Waals surface area contributed by atoms with Crippen molar-refractivity contribution in [1.82, 2.24) is 10.2 Å². The molecule has 6 nitrogen and oxygen atoms in total. The molecule has 31 heavy (non-hydrogen) atoms. The fraction of sp³-hybridized carbons (Fsp3) is 0.417. The predicted octanol–water partition coefficient (Wildman–Crippen LogP) is 4.37. The van der Waals surface area contributed by atoms with Gasteiger partial charge in [0, 0.05) is 36.2 Å². The highest BCUT2D eigenvalue weighted by Crippen LogP contribution is 2.29. The van der Waals surface area contributed by atoms with Gasteiger partial charge in [0.05, 0.1) is 13.2 Å². The smallest absolute Gasteiger partial charge is 0.252 e. The number of benzene rings is 1. The van der Waals surface area contributed by atoms with E-state index in [0.29, 0.717) is 37.6 Å². The van der Waals surface area contributed by atoms with Crippen molar-refractivity contribution >= 4 is 29.2 Å². The van der Waals surface area contributed by atoms with Crippen LogP contribution < -0.4 is 14.8 Å². The van der Waals surface area contributed by atoms with Crippen LogP contribution in [0.2, 0.25) is 0 Å². The fourth-order valence-electron chi connectivity index (χ4n) is 3.41. The molecule has 0 radical (unpaired) electrons. The van der Waals surface area contributed by atoms with Crippen LogP contribution in [-0.4, -0.2) is 49.1 Å². The third-order valence-electron chi connectivity index (χ3n) is 5.07. The van der Waals surface area contributed by atoms with Crippen LogP contribution in [0.3, 0.4) is 0 Å². The largest absolute Gasteiger partial charge is 0.490 e. The zero-order valence-electron chi connectivity index (χ0n) is 18.1. The molecule has 1 aromatic carbocycles. The van der Waals surface area contributed by atoms with Gasteiger partial charge in [-0.2, -0.15) is 11.3 Å². The number of nitrogens with one attached hydrogen (secondary N) is 1. The zero-order valence-corrected chi connectivity index (χ0v) is 19.0. The lowest BCUT2D eigenvalue weighted by molar-refractivity contribution is -0.126. The van der Waals surface area contributed by atoms with Crippen molar-refractivity contribution in [1.29, 1.82) is 0 Å². The highest BCUT2D eigenvalue weighted by molar-refractivity contribution is 7.08. The van der Waals surface area contributed by atoms with E-state index in [0.717, 1.165) is 30.6 Å². The first kappa shape index (κ1) is 22.9. The van der Waals surface area contributed by atoms with Crippen molar-refractivity contribution in [2.24, 2.45) is 0 Å². The number of hydrogen-bond donors (Lipinski definition) is 1. The van der Waals surface area contributed by atoms with E-state index in [1.165, 1.54) is 11.3 Å². The van der Waals surface area contributed by atoms with E-state index >= 15 is 0 Å². The molecule has 2 aromatic rings. The highest BCUT2D eigenvalue weighted by Gasteiger charge is 2.23. The maximum absolute atomic E-state index is 12.6. The number of rotatable bonds is 9. The van der Waals surface area contributed by atoms with Crippen molar-refractivity contribution in [2.45, 2.75) is 39.2 Å². The lowest BCUT2D eigenvalue weighted by atomic mass is 10.0. The molecule has 166 valence electrons. The number of carbonyl (C=O) groups excluding carboxylic acids is 2. The first-order valence-corrected chi connectivity index (χ1v) is 11.7. The standard InChI is InChI=1S/C24H30N2O4S/c1-3-14-30-21-7-5-18(16-22(21)29-4-2)6-8-23(27)26-12-9-20(10-13-26)25-24(28)19-11-15-31-17-19/h5-8,11,15-17,20H,3-4,9-10,12-14H2,1-2H3,(H,25,28). The summed E-state index contributed by atoms with van der Waals surface area (Å²) in [6.07, 6.45) is 5.84.